The smallest absolute Gasteiger partial charge is 0.325 e. The van der Waals surface area contributed by atoms with Crippen LogP contribution in [-0.2, 0) is 27.3 Å². The minimum atomic E-state index is -0.421. The summed E-state index contributed by atoms with van der Waals surface area (Å²) >= 11 is 7.36. The minimum Gasteiger partial charge on any atom is -0.494 e. The van der Waals surface area contributed by atoms with E-state index in [1.165, 1.54) is 18.4 Å². The van der Waals surface area contributed by atoms with E-state index in [4.69, 9.17) is 21.1 Å². The van der Waals surface area contributed by atoms with Crippen molar-refractivity contribution in [1.82, 2.24) is 4.57 Å². The summed E-state index contributed by atoms with van der Waals surface area (Å²) in [5.41, 5.74) is 1.60. The number of methoxy groups -OCH3 is 1. The number of nitrogens with zero attached hydrogens (tertiary/aromatic N) is 2. The lowest BCUT2D eigenvalue weighted by Gasteiger charge is -2.04. The molecule has 1 amide bonds. The summed E-state index contributed by atoms with van der Waals surface area (Å²) in [5.74, 6) is 0.0310. The molecule has 0 saturated carbocycles. The molecular formula is C20H19ClN2O4S. The molecule has 3 aromatic rings. The molecule has 0 aliphatic heterocycles. The van der Waals surface area contributed by atoms with E-state index >= 15 is 0 Å². The van der Waals surface area contributed by atoms with Crippen molar-refractivity contribution >= 4 is 45.0 Å². The zero-order valence-electron chi connectivity index (χ0n) is 15.5. The Morgan fingerprint density at radius 3 is 2.61 bits per heavy atom. The molecule has 6 nitrogen and oxygen atoms in total. The lowest BCUT2D eigenvalue weighted by atomic mass is 10.1. The Hall–Kier alpha value is -2.64. The van der Waals surface area contributed by atoms with Gasteiger partial charge in [-0.25, -0.2) is 0 Å². The largest absolute Gasteiger partial charge is 0.494 e. The predicted octanol–water partition coefficient (Wildman–Crippen LogP) is 3.60. The van der Waals surface area contributed by atoms with Gasteiger partial charge in [-0.05, 0) is 42.8 Å². The van der Waals surface area contributed by atoms with Crippen LogP contribution < -0.4 is 9.54 Å². The third-order valence-electron chi connectivity index (χ3n) is 3.97. The molecule has 146 valence electrons. The Bertz CT molecular complexity index is 1070. The lowest BCUT2D eigenvalue weighted by molar-refractivity contribution is -0.141. The van der Waals surface area contributed by atoms with Crippen LogP contribution in [0.25, 0.3) is 10.2 Å². The standard InChI is InChI=1S/C20H19ClN2O4S/c1-3-27-15-7-4-13(5-8-15)10-18(24)22-20-23(12-19(25)26-2)16-9-6-14(21)11-17(16)28-20/h4-9,11H,3,10,12H2,1-2H3. The highest BCUT2D eigenvalue weighted by molar-refractivity contribution is 7.16. The maximum atomic E-state index is 12.5. The Labute approximate surface area is 171 Å². The first-order chi connectivity index (χ1) is 13.5. The van der Waals surface area contributed by atoms with Crippen molar-refractivity contribution in [2.75, 3.05) is 13.7 Å². The second-order valence-corrected chi connectivity index (χ2v) is 7.36. The third kappa shape index (κ3) is 4.79. The topological polar surface area (TPSA) is 69.9 Å². The number of aromatic nitrogens is 1. The van der Waals surface area contributed by atoms with Crippen molar-refractivity contribution in [1.29, 1.82) is 0 Å². The van der Waals surface area contributed by atoms with Crippen LogP contribution in [0, 0.1) is 0 Å². The Morgan fingerprint density at radius 2 is 1.93 bits per heavy atom. The quantitative estimate of drug-likeness (QED) is 0.573. The summed E-state index contributed by atoms with van der Waals surface area (Å²) in [7, 11) is 1.32. The van der Waals surface area contributed by atoms with Crippen molar-refractivity contribution in [3.8, 4) is 5.75 Å². The SMILES string of the molecule is CCOc1ccc(CC(=O)N=c2sc3cc(Cl)ccc3n2CC(=O)OC)cc1. The fraction of sp³-hybridized carbons (Fsp3) is 0.250. The Morgan fingerprint density at radius 1 is 1.18 bits per heavy atom. The van der Waals surface area contributed by atoms with Crippen LogP contribution in [-0.4, -0.2) is 30.2 Å². The van der Waals surface area contributed by atoms with Gasteiger partial charge in [-0.2, -0.15) is 4.99 Å². The molecule has 0 bridgehead atoms. The second-order valence-electron chi connectivity index (χ2n) is 5.92. The number of carbonyl (C=O) groups excluding carboxylic acids is 2. The molecule has 8 heteroatoms. The van der Waals surface area contributed by atoms with Crippen molar-refractivity contribution in [2.24, 2.45) is 4.99 Å². The number of benzene rings is 2. The normalized spacial score (nSPS) is 11.6. The van der Waals surface area contributed by atoms with Gasteiger partial charge in [0.25, 0.3) is 5.91 Å². The van der Waals surface area contributed by atoms with Crippen LogP contribution in [0.3, 0.4) is 0 Å². The van der Waals surface area contributed by atoms with E-state index in [-0.39, 0.29) is 18.9 Å². The van der Waals surface area contributed by atoms with Gasteiger partial charge in [-0.3, -0.25) is 9.59 Å². The maximum Gasteiger partial charge on any atom is 0.325 e. The van der Waals surface area contributed by atoms with Crippen LogP contribution in [0.4, 0.5) is 0 Å². The van der Waals surface area contributed by atoms with E-state index in [0.29, 0.717) is 16.4 Å². The number of halogens is 1. The van der Waals surface area contributed by atoms with Gasteiger partial charge in [0.05, 0.1) is 30.4 Å². The Kier molecular flexibility index (Phi) is 6.49. The van der Waals surface area contributed by atoms with Gasteiger partial charge in [-0.1, -0.05) is 35.1 Å². The number of thiazole rings is 1. The summed E-state index contributed by atoms with van der Waals surface area (Å²) in [6.07, 6.45) is 0.152. The maximum absolute atomic E-state index is 12.5. The molecular weight excluding hydrogens is 400 g/mol. The van der Waals surface area contributed by atoms with Crippen molar-refractivity contribution in [3.63, 3.8) is 0 Å². The predicted molar refractivity (Wildman–Crippen MR) is 109 cm³/mol. The highest BCUT2D eigenvalue weighted by Gasteiger charge is 2.12. The van der Waals surface area contributed by atoms with E-state index in [9.17, 15) is 9.59 Å². The number of ether oxygens (including phenoxy) is 2. The van der Waals surface area contributed by atoms with Crippen molar-refractivity contribution in [3.05, 3.63) is 57.9 Å². The molecule has 3 rings (SSSR count). The number of hydrogen-bond donors (Lipinski definition) is 0. The van der Waals surface area contributed by atoms with Crippen LogP contribution >= 0.6 is 22.9 Å². The first-order valence-corrected chi connectivity index (χ1v) is 9.84. The van der Waals surface area contributed by atoms with Gasteiger partial charge >= 0.3 is 5.97 Å². The molecule has 0 unspecified atom stereocenters. The first-order valence-electron chi connectivity index (χ1n) is 8.65. The van der Waals surface area contributed by atoms with Gasteiger partial charge in [0.1, 0.15) is 12.3 Å². The number of hydrogen-bond acceptors (Lipinski definition) is 5. The van der Waals surface area contributed by atoms with E-state index in [0.717, 1.165) is 21.5 Å². The van der Waals surface area contributed by atoms with Crippen LogP contribution in [0.5, 0.6) is 5.75 Å². The summed E-state index contributed by atoms with van der Waals surface area (Å²) in [6.45, 7) is 2.47. The molecule has 0 saturated heterocycles. The highest BCUT2D eigenvalue weighted by Crippen LogP contribution is 2.22. The van der Waals surface area contributed by atoms with E-state index in [1.54, 1.807) is 22.8 Å². The molecule has 0 fully saturated rings. The molecule has 0 aliphatic carbocycles. The van der Waals surface area contributed by atoms with Crippen LogP contribution in [0.1, 0.15) is 12.5 Å². The summed E-state index contributed by atoms with van der Waals surface area (Å²) < 4.78 is 12.7. The lowest BCUT2D eigenvalue weighted by Crippen LogP contribution is -2.22. The fourth-order valence-corrected chi connectivity index (χ4v) is 3.99. The van der Waals surface area contributed by atoms with Crippen molar-refractivity contribution < 1.29 is 19.1 Å². The molecule has 0 atom stereocenters. The zero-order chi connectivity index (χ0) is 20.1. The van der Waals surface area contributed by atoms with Gasteiger partial charge in [0.15, 0.2) is 4.80 Å². The second kappa shape index (κ2) is 9.03. The monoisotopic (exact) mass is 418 g/mol. The van der Waals surface area contributed by atoms with E-state index < -0.39 is 5.97 Å². The average Bonchev–Trinajstić information content (AvgIpc) is 2.99. The highest BCUT2D eigenvalue weighted by atomic mass is 35.5. The number of rotatable bonds is 6. The summed E-state index contributed by atoms with van der Waals surface area (Å²) in [5, 5.41) is 0.575. The first kappa shape index (κ1) is 20.1. The van der Waals surface area contributed by atoms with Gasteiger partial charge in [0.2, 0.25) is 0 Å². The number of carbonyl (C=O) groups is 2. The van der Waals surface area contributed by atoms with Gasteiger partial charge in [-0.15, -0.1) is 0 Å². The molecule has 0 spiro atoms. The number of fused-ring (bicyclic) bond motifs is 1. The number of amides is 1. The fourth-order valence-electron chi connectivity index (χ4n) is 2.67. The molecule has 0 radical (unpaired) electrons. The molecule has 2 aromatic carbocycles. The summed E-state index contributed by atoms with van der Waals surface area (Å²) in [4.78, 5) is 29.0. The molecule has 1 aromatic heterocycles. The Balaban J connectivity index is 1.91. The number of esters is 1. The zero-order valence-corrected chi connectivity index (χ0v) is 17.0. The van der Waals surface area contributed by atoms with E-state index in [1.807, 2.05) is 31.2 Å². The van der Waals surface area contributed by atoms with Crippen molar-refractivity contribution in [2.45, 2.75) is 19.9 Å². The summed E-state index contributed by atoms with van der Waals surface area (Å²) in [6, 6.07) is 12.6. The van der Waals surface area contributed by atoms with Gasteiger partial charge in [0, 0.05) is 5.02 Å². The van der Waals surface area contributed by atoms with Gasteiger partial charge < -0.3 is 14.0 Å². The average molecular weight is 419 g/mol. The molecule has 28 heavy (non-hydrogen) atoms. The van der Waals surface area contributed by atoms with E-state index in [2.05, 4.69) is 4.99 Å². The molecule has 1 heterocycles. The molecule has 0 N–H and O–H groups in total. The minimum absolute atomic E-state index is 0.0344. The molecule has 0 aliphatic rings. The third-order valence-corrected chi connectivity index (χ3v) is 5.25. The van der Waals surface area contributed by atoms with Crippen LogP contribution in [0.2, 0.25) is 5.02 Å². The van der Waals surface area contributed by atoms with Crippen LogP contribution in [0.15, 0.2) is 47.5 Å².